The Morgan fingerprint density at radius 2 is 1.71 bits per heavy atom. The number of hydroxylamine groups is 2. The van der Waals surface area contributed by atoms with Crippen LogP contribution in [0.5, 0.6) is 0 Å². The summed E-state index contributed by atoms with van der Waals surface area (Å²) < 4.78 is 13.2. The number of aromatic nitrogens is 4. The standard InChI is InChI=1S/C29H31FN6O2/c1-35(18-8-9-21-14-16-24(30)17-15-21)25-19-26(28-31-33-34-32-28)36(20-25)38-29(37)27(22-10-4-2-5-11-22)23-12-6-3-7-13-23/h2-7,10-17,25-27H,8-9,18-20H2,1H3,(H,31,32,33,34)/t25-,26-/m0/s1. The molecule has 0 radical (unpaired) electrons. The predicted molar refractivity (Wildman–Crippen MR) is 140 cm³/mol. The second kappa shape index (κ2) is 12.1. The first kappa shape index (κ1) is 25.7. The molecule has 0 saturated carbocycles. The fourth-order valence-electron chi connectivity index (χ4n) is 5.04. The number of carbonyl (C=O) groups excluding carboxylic acids is 1. The fraction of sp³-hybridized carbons (Fsp3) is 0.310. The number of benzene rings is 3. The number of aryl methyl sites for hydroxylation is 1. The zero-order valence-electron chi connectivity index (χ0n) is 21.3. The third-order valence-corrected chi connectivity index (χ3v) is 7.12. The van der Waals surface area contributed by atoms with Crippen molar-refractivity contribution in [2.24, 2.45) is 0 Å². The number of nitrogens with one attached hydrogen (secondary N) is 1. The lowest BCUT2D eigenvalue weighted by Gasteiger charge is -2.25. The first-order valence-corrected chi connectivity index (χ1v) is 12.8. The first-order valence-electron chi connectivity index (χ1n) is 12.8. The van der Waals surface area contributed by atoms with Gasteiger partial charge in [-0.05, 0) is 61.7 Å². The van der Waals surface area contributed by atoms with E-state index in [1.165, 1.54) is 12.1 Å². The SMILES string of the molecule is CN(CCCc1ccc(F)cc1)[C@H]1C[C@@H](c2nn[nH]n2)N(OC(=O)C(c2ccccc2)c2ccccc2)C1. The molecule has 2 atom stereocenters. The van der Waals surface area contributed by atoms with Gasteiger partial charge in [0.15, 0.2) is 5.82 Å². The van der Waals surface area contributed by atoms with Gasteiger partial charge < -0.3 is 9.74 Å². The normalized spacial score (nSPS) is 17.8. The van der Waals surface area contributed by atoms with Crippen molar-refractivity contribution in [3.63, 3.8) is 0 Å². The number of hydrogen-bond donors (Lipinski definition) is 1. The number of likely N-dealkylation sites (N-methyl/N-ethyl adjacent to an activating group) is 1. The van der Waals surface area contributed by atoms with Crippen molar-refractivity contribution >= 4 is 5.97 Å². The minimum atomic E-state index is -0.559. The largest absolute Gasteiger partial charge is 0.366 e. The molecular weight excluding hydrogens is 483 g/mol. The van der Waals surface area contributed by atoms with E-state index in [1.54, 1.807) is 5.06 Å². The Kier molecular flexibility index (Phi) is 8.15. The van der Waals surface area contributed by atoms with Crippen LogP contribution in [0.2, 0.25) is 0 Å². The molecule has 3 aromatic carbocycles. The molecule has 1 saturated heterocycles. The summed E-state index contributed by atoms with van der Waals surface area (Å²) in [4.78, 5) is 22.0. The molecule has 1 aromatic heterocycles. The average Bonchev–Trinajstić information content (AvgIpc) is 3.62. The summed E-state index contributed by atoms with van der Waals surface area (Å²) in [5.74, 6) is -0.636. The minimum absolute atomic E-state index is 0.131. The summed E-state index contributed by atoms with van der Waals surface area (Å²) in [6.07, 6.45) is 2.48. The van der Waals surface area contributed by atoms with Gasteiger partial charge in [-0.15, -0.1) is 15.3 Å². The van der Waals surface area contributed by atoms with Crippen LogP contribution in [0.25, 0.3) is 0 Å². The van der Waals surface area contributed by atoms with Crippen LogP contribution in [0.1, 0.15) is 47.3 Å². The van der Waals surface area contributed by atoms with E-state index in [1.807, 2.05) is 72.8 Å². The molecule has 8 nitrogen and oxygen atoms in total. The summed E-state index contributed by atoms with van der Waals surface area (Å²) in [7, 11) is 2.07. The number of aromatic amines is 1. The van der Waals surface area contributed by atoms with Gasteiger partial charge in [0.2, 0.25) is 0 Å². The highest BCUT2D eigenvalue weighted by Gasteiger charge is 2.41. The number of carbonyl (C=O) groups is 1. The van der Waals surface area contributed by atoms with E-state index >= 15 is 0 Å². The highest BCUT2D eigenvalue weighted by atomic mass is 19.1. The van der Waals surface area contributed by atoms with Gasteiger partial charge in [0.05, 0.1) is 6.54 Å². The van der Waals surface area contributed by atoms with Gasteiger partial charge in [-0.2, -0.15) is 5.21 Å². The number of halogens is 1. The third-order valence-electron chi connectivity index (χ3n) is 7.12. The Labute approximate surface area is 221 Å². The van der Waals surface area contributed by atoms with Gasteiger partial charge in [0.25, 0.3) is 0 Å². The molecule has 5 rings (SSSR count). The molecule has 1 fully saturated rings. The smallest absolute Gasteiger partial charge is 0.336 e. The molecule has 4 aromatic rings. The number of rotatable bonds is 10. The topological polar surface area (TPSA) is 87.2 Å². The van der Waals surface area contributed by atoms with Gasteiger partial charge >= 0.3 is 5.97 Å². The van der Waals surface area contributed by atoms with Crippen LogP contribution >= 0.6 is 0 Å². The summed E-state index contributed by atoms with van der Waals surface area (Å²) in [5, 5.41) is 16.3. The monoisotopic (exact) mass is 514 g/mol. The summed E-state index contributed by atoms with van der Waals surface area (Å²) >= 11 is 0. The Balaban J connectivity index is 1.28. The molecular formula is C29H31FN6O2. The van der Waals surface area contributed by atoms with Crippen molar-refractivity contribution in [1.82, 2.24) is 30.6 Å². The van der Waals surface area contributed by atoms with Gasteiger partial charge in [0, 0.05) is 6.04 Å². The summed E-state index contributed by atoms with van der Waals surface area (Å²) in [6, 6.07) is 25.8. The van der Waals surface area contributed by atoms with E-state index in [2.05, 4.69) is 32.6 Å². The molecule has 0 bridgehead atoms. The van der Waals surface area contributed by atoms with E-state index < -0.39 is 5.92 Å². The lowest BCUT2D eigenvalue weighted by Crippen LogP contribution is -2.36. The highest BCUT2D eigenvalue weighted by molar-refractivity contribution is 5.82. The van der Waals surface area contributed by atoms with E-state index in [4.69, 9.17) is 4.84 Å². The van der Waals surface area contributed by atoms with Gasteiger partial charge in [-0.1, -0.05) is 78.0 Å². The van der Waals surface area contributed by atoms with Gasteiger partial charge in [-0.3, -0.25) is 0 Å². The molecule has 0 amide bonds. The van der Waals surface area contributed by atoms with Crippen LogP contribution in [0, 0.1) is 5.82 Å². The molecule has 1 N–H and O–H groups in total. The molecule has 1 aliphatic rings. The van der Waals surface area contributed by atoms with Crippen molar-refractivity contribution in [2.75, 3.05) is 20.1 Å². The Morgan fingerprint density at radius 3 is 2.32 bits per heavy atom. The zero-order valence-corrected chi connectivity index (χ0v) is 21.3. The second-order valence-corrected chi connectivity index (χ2v) is 9.65. The predicted octanol–water partition coefficient (Wildman–Crippen LogP) is 4.31. The van der Waals surface area contributed by atoms with Crippen molar-refractivity contribution in [1.29, 1.82) is 0 Å². The maximum Gasteiger partial charge on any atom is 0.336 e. The van der Waals surface area contributed by atoms with Crippen LogP contribution in [0.15, 0.2) is 84.9 Å². The van der Waals surface area contributed by atoms with E-state index in [9.17, 15) is 9.18 Å². The quantitative estimate of drug-likeness (QED) is 0.337. The molecule has 9 heteroatoms. The fourth-order valence-corrected chi connectivity index (χ4v) is 5.04. The van der Waals surface area contributed by atoms with Gasteiger partial charge in [0.1, 0.15) is 17.8 Å². The van der Waals surface area contributed by atoms with Crippen LogP contribution < -0.4 is 0 Å². The number of H-pyrrole nitrogens is 1. The Bertz CT molecular complexity index is 1250. The molecule has 2 heterocycles. The second-order valence-electron chi connectivity index (χ2n) is 9.65. The van der Waals surface area contributed by atoms with Crippen LogP contribution in [-0.2, 0) is 16.1 Å². The highest BCUT2D eigenvalue weighted by Crippen LogP contribution is 2.34. The molecule has 38 heavy (non-hydrogen) atoms. The molecule has 0 unspecified atom stereocenters. The summed E-state index contributed by atoms with van der Waals surface area (Å²) in [6.45, 7) is 1.37. The van der Waals surface area contributed by atoms with Crippen molar-refractivity contribution in [2.45, 2.75) is 37.3 Å². The lowest BCUT2D eigenvalue weighted by molar-refractivity contribution is -0.197. The van der Waals surface area contributed by atoms with Crippen molar-refractivity contribution in [3.8, 4) is 0 Å². The summed E-state index contributed by atoms with van der Waals surface area (Å²) in [5.41, 5.74) is 2.85. The lowest BCUT2D eigenvalue weighted by atomic mass is 9.91. The van der Waals surface area contributed by atoms with Crippen LogP contribution in [-0.4, -0.2) is 62.7 Å². The average molecular weight is 515 g/mol. The van der Waals surface area contributed by atoms with Crippen molar-refractivity contribution in [3.05, 3.63) is 113 Å². The molecule has 0 spiro atoms. The molecule has 196 valence electrons. The number of nitrogens with zero attached hydrogens (tertiary/aromatic N) is 5. The number of hydrogen-bond acceptors (Lipinski definition) is 7. The maximum atomic E-state index is 13.7. The van der Waals surface area contributed by atoms with Gasteiger partial charge in [-0.25, -0.2) is 9.18 Å². The van der Waals surface area contributed by atoms with E-state index in [0.29, 0.717) is 18.8 Å². The van der Waals surface area contributed by atoms with E-state index in [0.717, 1.165) is 36.1 Å². The Morgan fingerprint density at radius 1 is 1.05 bits per heavy atom. The van der Waals surface area contributed by atoms with Crippen LogP contribution in [0.4, 0.5) is 4.39 Å². The first-order chi connectivity index (χ1) is 18.6. The molecule has 1 aliphatic heterocycles. The number of tetrazole rings is 1. The van der Waals surface area contributed by atoms with Crippen LogP contribution in [0.3, 0.4) is 0 Å². The zero-order chi connectivity index (χ0) is 26.3. The van der Waals surface area contributed by atoms with Crippen molar-refractivity contribution < 1.29 is 14.0 Å². The van der Waals surface area contributed by atoms with E-state index in [-0.39, 0.29) is 23.9 Å². The Hall–Kier alpha value is -3.95. The minimum Gasteiger partial charge on any atom is -0.366 e. The third kappa shape index (κ3) is 6.12. The maximum absolute atomic E-state index is 13.7. The molecule has 0 aliphatic carbocycles.